The van der Waals surface area contributed by atoms with E-state index in [9.17, 15) is 4.79 Å². The summed E-state index contributed by atoms with van der Waals surface area (Å²) in [6.07, 6.45) is 5.32. The molecule has 5 atom stereocenters. The van der Waals surface area contributed by atoms with Crippen molar-refractivity contribution in [1.82, 2.24) is 5.32 Å². The standard InChI is InChI=1S/C15H29BN2O3/c1-9(2)15(19)18-11-6-10-7-14(17)12(13(10)8-11)4-3-5-16(20)21/h9-14,20-21H,3-8,17H2,1-2H3,(H,18,19)/t10-,11+,12+,13-,14+/m1/s1. The Bertz CT molecular complexity index is 365. The minimum absolute atomic E-state index is 0.0366. The van der Waals surface area contributed by atoms with Gasteiger partial charge in [-0.1, -0.05) is 20.3 Å². The lowest BCUT2D eigenvalue weighted by Crippen LogP contribution is -2.37. The van der Waals surface area contributed by atoms with Crippen molar-refractivity contribution in [2.45, 2.75) is 64.4 Å². The monoisotopic (exact) mass is 296 g/mol. The first-order chi connectivity index (χ1) is 9.88. The van der Waals surface area contributed by atoms with Gasteiger partial charge < -0.3 is 21.1 Å². The summed E-state index contributed by atoms with van der Waals surface area (Å²) < 4.78 is 0. The van der Waals surface area contributed by atoms with Crippen LogP contribution >= 0.6 is 0 Å². The van der Waals surface area contributed by atoms with Gasteiger partial charge in [0, 0.05) is 18.0 Å². The van der Waals surface area contributed by atoms with E-state index in [1.165, 1.54) is 0 Å². The van der Waals surface area contributed by atoms with Crippen molar-refractivity contribution >= 4 is 13.0 Å². The molecule has 0 aromatic rings. The zero-order valence-corrected chi connectivity index (χ0v) is 13.2. The molecule has 2 aliphatic carbocycles. The highest BCUT2D eigenvalue weighted by Gasteiger charge is 2.47. The minimum atomic E-state index is -1.21. The Labute approximate surface area is 127 Å². The van der Waals surface area contributed by atoms with Crippen LogP contribution in [0.3, 0.4) is 0 Å². The Morgan fingerprint density at radius 3 is 2.67 bits per heavy atom. The predicted octanol–water partition coefficient (Wildman–Crippen LogP) is 0.754. The van der Waals surface area contributed by atoms with Gasteiger partial charge in [-0.25, -0.2) is 0 Å². The van der Waals surface area contributed by atoms with Crippen LogP contribution in [0.1, 0.15) is 46.0 Å². The molecule has 0 saturated heterocycles. The van der Waals surface area contributed by atoms with E-state index >= 15 is 0 Å². The van der Waals surface area contributed by atoms with E-state index in [-0.39, 0.29) is 17.9 Å². The van der Waals surface area contributed by atoms with Crippen molar-refractivity contribution in [3.63, 3.8) is 0 Å². The molecule has 1 amide bonds. The lowest BCUT2D eigenvalue weighted by atomic mass is 9.79. The van der Waals surface area contributed by atoms with Crippen molar-refractivity contribution in [3.05, 3.63) is 0 Å². The lowest BCUT2D eigenvalue weighted by Gasteiger charge is -2.23. The zero-order valence-electron chi connectivity index (χ0n) is 13.2. The largest absolute Gasteiger partial charge is 0.451 e. The number of carbonyl (C=O) groups excluding carboxylic acids is 1. The van der Waals surface area contributed by atoms with Crippen LogP contribution in [0.15, 0.2) is 0 Å². The van der Waals surface area contributed by atoms with Crippen molar-refractivity contribution in [2.24, 2.45) is 29.4 Å². The highest BCUT2D eigenvalue weighted by atomic mass is 16.4. The van der Waals surface area contributed by atoms with Gasteiger partial charge in [0.1, 0.15) is 0 Å². The van der Waals surface area contributed by atoms with E-state index in [1.54, 1.807) is 0 Å². The first-order valence-electron chi connectivity index (χ1n) is 8.30. The first kappa shape index (κ1) is 16.8. The molecule has 0 spiro atoms. The number of hydrogen-bond donors (Lipinski definition) is 4. The number of amides is 1. The second kappa shape index (κ2) is 7.12. The van der Waals surface area contributed by atoms with E-state index < -0.39 is 7.12 Å². The summed E-state index contributed by atoms with van der Waals surface area (Å²) in [4.78, 5) is 11.8. The molecule has 0 aromatic carbocycles. The van der Waals surface area contributed by atoms with Crippen LogP contribution in [-0.2, 0) is 4.79 Å². The third kappa shape index (κ3) is 4.21. The summed E-state index contributed by atoms with van der Waals surface area (Å²) in [6, 6.07) is 0.533. The van der Waals surface area contributed by atoms with Gasteiger partial charge in [0.2, 0.25) is 5.91 Å². The molecule has 0 bridgehead atoms. The van der Waals surface area contributed by atoms with E-state index in [1.807, 2.05) is 13.8 Å². The van der Waals surface area contributed by atoms with Gasteiger partial charge in [-0.05, 0) is 49.8 Å². The molecule has 2 fully saturated rings. The molecule has 0 aliphatic heterocycles. The van der Waals surface area contributed by atoms with Crippen molar-refractivity contribution in [3.8, 4) is 0 Å². The minimum Gasteiger partial charge on any atom is -0.427 e. The fraction of sp³-hybridized carbons (Fsp3) is 0.933. The molecular weight excluding hydrogens is 267 g/mol. The Morgan fingerprint density at radius 1 is 1.33 bits per heavy atom. The topological polar surface area (TPSA) is 95.6 Å². The highest BCUT2D eigenvalue weighted by molar-refractivity contribution is 6.40. The van der Waals surface area contributed by atoms with Gasteiger partial charge in [-0.3, -0.25) is 4.79 Å². The van der Waals surface area contributed by atoms with Gasteiger partial charge >= 0.3 is 7.12 Å². The number of hydrogen-bond acceptors (Lipinski definition) is 4. The predicted molar refractivity (Wildman–Crippen MR) is 83.3 cm³/mol. The third-order valence-electron chi connectivity index (χ3n) is 5.29. The Balaban J connectivity index is 1.84. The number of fused-ring (bicyclic) bond motifs is 1. The summed E-state index contributed by atoms with van der Waals surface area (Å²) >= 11 is 0. The molecule has 5 nitrogen and oxygen atoms in total. The van der Waals surface area contributed by atoms with E-state index in [2.05, 4.69) is 5.32 Å². The van der Waals surface area contributed by atoms with Crippen molar-refractivity contribution in [2.75, 3.05) is 0 Å². The van der Waals surface area contributed by atoms with E-state index in [4.69, 9.17) is 15.8 Å². The lowest BCUT2D eigenvalue weighted by molar-refractivity contribution is -0.124. The number of carbonyl (C=O) groups is 1. The van der Waals surface area contributed by atoms with Gasteiger partial charge in [-0.15, -0.1) is 0 Å². The van der Waals surface area contributed by atoms with Crippen LogP contribution in [0.5, 0.6) is 0 Å². The highest BCUT2D eigenvalue weighted by Crippen LogP contribution is 2.48. The maximum absolute atomic E-state index is 11.8. The first-order valence-corrected chi connectivity index (χ1v) is 8.30. The zero-order chi connectivity index (χ0) is 15.6. The maximum atomic E-state index is 11.8. The normalized spacial score (nSPS) is 35.0. The molecule has 2 aliphatic rings. The summed E-state index contributed by atoms with van der Waals surface area (Å²) in [5.74, 6) is 1.86. The summed E-state index contributed by atoms with van der Waals surface area (Å²) in [5, 5.41) is 21.1. The van der Waals surface area contributed by atoms with Crippen molar-refractivity contribution in [1.29, 1.82) is 0 Å². The summed E-state index contributed by atoms with van der Waals surface area (Å²) in [7, 11) is -1.21. The molecule has 2 rings (SSSR count). The van der Waals surface area contributed by atoms with E-state index in [0.29, 0.717) is 30.1 Å². The molecule has 6 heteroatoms. The second-order valence-electron chi connectivity index (χ2n) is 7.23. The van der Waals surface area contributed by atoms with Crippen LogP contribution in [0.2, 0.25) is 6.32 Å². The molecule has 5 N–H and O–H groups in total. The van der Waals surface area contributed by atoms with Gasteiger partial charge in [0.25, 0.3) is 0 Å². The van der Waals surface area contributed by atoms with Crippen LogP contribution in [-0.4, -0.2) is 35.2 Å². The molecule has 0 heterocycles. The van der Waals surface area contributed by atoms with Crippen molar-refractivity contribution < 1.29 is 14.8 Å². The van der Waals surface area contributed by atoms with Gasteiger partial charge in [-0.2, -0.15) is 0 Å². The number of nitrogens with two attached hydrogens (primary N) is 1. The average Bonchev–Trinajstić information content (AvgIpc) is 2.87. The molecular formula is C15H29BN2O3. The molecule has 0 unspecified atom stereocenters. The molecule has 21 heavy (non-hydrogen) atoms. The molecule has 0 radical (unpaired) electrons. The Kier molecular flexibility index (Phi) is 5.69. The molecule has 120 valence electrons. The average molecular weight is 296 g/mol. The Morgan fingerprint density at radius 2 is 2.05 bits per heavy atom. The SMILES string of the molecule is CC(C)C(=O)N[C@H]1C[C@@H]2C[C@H](N)[C@@H](CCCB(O)O)[C@@H]2C1. The van der Waals surface area contributed by atoms with Crippen LogP contribution < -0.4 is 11.1 Å². The quantitative estimate of drug-likeness (QED) is 0.544. The van der Waals surface area contributed by atoms with Gasteiger partial charge in [0.15, 0.2) is 0 Å². The fourth-order valence-electron chi connectivity index (χ4n) is 4.24. The smallest absolute Gasteiger partial charge is 0.427 e. The number of rotatable bonds is 6. The summed E-state index contributed by atoms with van der Waals surface area (Å²) in [6.45, 7) is 3.84. The fourth-order valence-corrected chi connectivity index (χ4v) is 4.24. The van der Waals surface area contributed by atoms with Crippen LogP contribution in [0, 0.1) is 23.7 Å². The number of nitrogens with one attached hydrogen (secondary N) is 1. The Hall–Kier alpha value is -0.585. The second-order valence-corrected chi connectivity index (χ2v) is 7.23. The van der Waals surface area contributed by atoms with Crippen LogP contribution in [0.4, 0.5) is 0 Å². The molecule has 2 saturated carbocycles. The maximum Gasteiger partial charge on any atom is 0.451 e. The van der Waals surface area contributed by atoms with Gasteiger partial charge in [0.05, 0.1) is 0 Å². The van der Waals surface area contributed by atoms with E-state index in [0.717, 1.165) is 32.1 Å². The third-order valence-corrected chi connectivity index (χ3v) is 5.29. The van der Waals surface area contributed by atoms with Crippen LogP contribution in [0.25, 0.3) is 0 Å². The summed E-state index contributed by atoms with van der Waals surface area (Å²) in [5.41, 5.74) is 6.27. The molecule has 0 aromatic heterocycles.